The Kier molecular flexibility index (Phi) is 8.84. The summed E-state index contributed by atoms with van der Waals surface area (Å²) in [6, 6.07) is 15.4. The van der Waals surface area contributed by atoms with Gasteiger partial charge >= 0.3 is 0 Å². The molecule has 4 aromatic carbocycles. The van der Waals surface area contributed by atoms with Crippen molar-refractivity contribution in [1.82, 2.24) is 9.13 Å². The standard InChI is InChI=1S/C40H42N2O4S/c1-3-5-7-9-11-13-23-41-37(43)27-17-15-25-26-16-18-28-34-30(40(46)42(38(28)44)24-14-12-10-8-6-4-2)20-22-32(36(26)34)47-31-21-19-29(39(41)45)33(27)35(25)31/h15-22H,3-14,23-24H2,1-2H3. The molecule has 3 heterocycles. The summed E-state index contributed by atoms with van der Waals surface area (Å²) < 4.78 is 4.77. The smallest absolute Gasteiger partial charge is 0.261 e. The Hall–Kier alpha value is -4.10. The molecule has 242 valence electrons. The molecule has 7 aromatic rings. The maximum Gasteiger partial charge on any atom is 0.261 e. The van der Waals surface area contributed by atoms with Crippen molar-refractivity contribution in [2.45, 2.75) is 104 Å². The average Bonchev–Trinajstić information content (AvgIpc) is 3.22. The summed E-state index contributed by atoms with van der Waals surface area (Å²) in [7, 11) is 0. The summed E-state index contributed by atoms with van der Waals surface area (Å²) in [5.41, 5.74) is -0.925. The lowest BCUT2D eigenvalue weighted by molar-refractivity contribution is 0.545. The lowest BCUT2D eigenvalue weighted by atomic mass is 9.94. The molecule has 0 N–H and O–H groups in total. The minimum absolute atomic E-state index is 0.231. The Morgan fingerprint density at radius 2 is 0.723 bits per heavy atom. The second-order valence-electron chi connectivity index (χ2n) is 13.2. The van der Waals surface area contributed by atoms with Gasteiger partial charge in [0.05, 0.1) is 0 Å². The van der Waals surface area contributed by atoms with Gasteiger partial charge in [-0.1, -0.05) is 90.2 Å². The van der Waals surface area contributed by atoms with Crippen molar-refractivity contribution in [3.63, 3.8) is 0 Å². The van der Waals surface area contributed by atoms with Gasteiger partial charge < -0.3 is 0 Å². The molecule has 0 bridgehead atoms. The van der Waals surface area contributed by atoms with Crippen LogP contribution in [0, 0.1) is 0 Å². The van der Waals surface area contributed by atoms with E-state index in [1.165, 1.54) is 47.7 Å². The normalized spacial score (nSPS) is 12.3. The SMILES string of the molecule is CCCCCCCCn1c(=O)c2ccc3sc4ccc5c(=O)n(CCCCCCCC)c(=O)c6ccc(c7ccc(c1=O)c2c37)c4c56. The molecule has 0 aliphatic heterocycles. The number of rotatable bonds is 14. The van der Waals surface area contributed by atoms with Crippen LogP contribution < -0.4 is 22.2 Å². The van der Waals surface area contributed by atoms with Gasteiger partial charge in [-0.05, 0) is 60.0 Å². The molecular weight excluding hydrogens is 605 g/mol. The van der Waals surface area contributed by atoms with Gasteiger partial charge in [-0.3, -0.25) is 28.3 Å². The summed E-state index contributed by atoms with van der Waals surface area (Å²) in [4.78, 5) is 55.2. The number of aromatic nitrogens is 2. The highest BCUT2D eigenvalue weighted by molar-refractivity contribution is 7.24. The van der Waals surface area contributed by atoms with E-state index in [1.807, 2.05) is 48.5 Å². The zero-order valence-electron chi connectivity index (χ0n) is 27.5. The molecule has 0 aliphatic rings. The maximum absolute atomic E-state index is 13.8. The van der Waals surface area contributed by atoms with Crippen molar-refractivity contribution in [2.24, 2.45) is 0 Å². The molecule has 0 radical (unpaired) electrons. The van der Waals surface area contributed by atoms with Crippen LogP contribution in [0.25, 0.3) is 63.3 Å². The molecule has 0 spiro atoms. The van der Waals surface area contributed by atoms with Crippen LogP contribution in [0.2, 0.25) is 0 Å². The first-order chi connectivity index (χ1) is 23.0. The van der Waals surface area contributed by atoms with Gasteiger partial charge in [0, 0.05) is 65.6 Å². The van der Waals surface area contributed by atoms with E-state index in [0.29, 0.717) is 45.4 Å². The number of nitrogens with zero attached hydrogens (tertiary/aromatic N) is 2. The van der Waals surface area contributed by atoms with E-state index in [1.54, 1.807) is 11.3 Å². The molecule has 0 fully saturated rings. The molecule has 0 saturated heterocycles. The van der Waals surface area contributed by atoms with Crippen LogP contribution in [0.4, 0.5) is 0 Å². The molecule has 7 heteroatoms. The summed E-state index contributed by atoms with van der Waals surface area (Å²) in [6.07, 6.45) is 13.0. The minimum Gasteiger partial charge on any atom is -0.274 e. The quantitative estimate of drug-likeness (QED) is 0.110. The zero-order chi connectivity index (χ0) is 32.7. The van der Waals surface area contributed by atoms with Crippen molar-refractivity contribution in [1.29, 1.82) is 0 Å². The van der Waals surface area contributed by atoms with E-state index in [0.717, 1.165) is 69.5 Å². The van der Waals surface area contributed by atoms with Crippen molar-refractivity contribution in [3.8, 4) is 0 Å². The lowest BCUT2D eigenvalue weighted by Crippen LogP contribution is -2.33. The van der Waals surface area contributed by atoms with E-state index >= 15 is 0 Å². The summed E-state index contributed by atoms with van der Waals surface area (Å²) >= 11 is 1.57. The van der Waals surface area contributed by atoms with Gasteiger partial charge in [0.25, 0.3) is 22.2 Å². The molecule has 0 unspecified atom stereocenters. The van der Waals surface area contributed by atoms with Gasteiger partial charge in [0.15, 0.2) is 0 Å². The van der Waals surface area contributed by atoms with Gasteiger partial charge in [-0.15, -0.1) is 11.3 Å². The molecule has 3 aromatic heterocycles. The fraction of sp³-hybridized carbons (Fsp3) is 0.400. The number of benzene rings is 4. The highest BCUT2D eigenvalue weighted by atomic mass is 32.1. The van der Waals surface area contributed by atoms with Crippen molar-refractivity contribution in [3.05, 3.63) is 89.9 Å². The first-order valence-corrected chi connectivity index (χ1v) is 18.4. The third-order valence-corrected chi connectivity index (χ3v) is 11.2. The number of hydrogen-bond acceptors (Lipinski definition) is 5. The number of hydrogen-bond donors (Lipinski definition) is 0. The van der Waals surface area contributed by atoms with Crippen LogP contribution in [-0.2, 0) is 13.1 Å². The Morgan fingerprint density at radius 1 is 0.404 bits per heavy atom. The lowest BCUT2D eigenvalue weighted by Gasteiger charge is -2.13. The van der Waals surface area contributed by atoms with Crippen molar-refractivity contribution < 1.29 is 0 Å². The predicted molar refractivity (Wildman–Crippen MR) is 200 cm³/mol. The van der Waals surface area contributed by atoms with E-state index in [9.17, 15) is 19.2 Å². The minimum atomic E-state index is -0.231. The van der Waals surface area contributed by atoms with Crippen LogP contribution in [0.3, 0.4) is 0 Å². The predicted octanol–water partition coefficient (Wildman–Crippen LogP) is 9.31. The van der Waals surface area contributed by atoms with Crippen molar-refractivity contribution in [2.75, 3.05) is 0 Å². The van der Waals surface area contributed by atoms with Gasteiger partial charge in [-0.2, -0.15) is 0 Å². The fourth-order valence-corrected chi connectivity index (χ4v) is 8.79. The van der Waals surface area contributed by atoms with Crippen molar-refractivity contribution >= 4 is 74.6 Å². The molecule has 0 atom stereocenters. The first-order valence-electron chi connectivity index (χ1n) is 17.6. The number of pyridine rings is 2. The van der Waals surface area contributed by atoms with Crippen LogP contribution >= 0.6 is 11.3 Å². The third kappa shape index (κ3) is 5.33. The van der Waals surface area contributed by atoms with Crippen LogP contribution in [-0.4, -0.2) is 9.13 Å². The Bertz CT molecular complexity index is 2250. The molecule has 0 amide bonds. The Balaban J connectivity index is 1.39. The van der Waals surface area contributed by atoms with E-state index in [4.69, 9.17) is 0 Å². The van der Waals surface area contributed by atoms with Gasteiger partial charge in [-0.25, -0.2) is 0 Å². The number of fused-ring (bicyclic) bond motifs is 1. The molecule has 6 nitrogen and oxygen atoms in total. The second kappa shape index (κ2) is 13.2. The first kappa shape index (κ1) is 31.5. The average molecular weight is 647 g/mol. The highest BCUT2D eigenvalue weighted by Crippen LogP contribution is 2.42. The highest BCUT2D eigenvalue weighted by Gasteiger charge is 2.21. The zero-order valence-corrected chi connectivity index (χ0v) is 28.3. The molecule has 0 saturated carbocycles. The molecule has 0 aliphatic carbocycles. The Labute approximate surface area is 276 Å². The van der Waals surface area contributed by atoms with E-state index < -0.39 is 0 Å². The summed E-state index contributed by atoms with van der Waals surface area (Å²) in [5.74, 6) is 0. The van der Waals surface area contributed by atoms with Crippen LogP contribution in [0.5, 0.6) is 0 Å². The van der Waals surface area contributed by atoms with E-state index in [2.05, 4.69) is 13.8 Å². The van der Waals surface area contributed by atoms with E-state index in [-0.39, 0.29) is 22.2 Å². The monoisotopic (exact) mass is 646 g/mol. The van der Waals surface area contributed by atoms with Crippen LogP contribution in [0.15, 0.2) is 67.7 Å². The molecular formula is C40H42N2O4S. The summed E-state index contributed by atoms with van der Waals surface area (Å²) in [6.45, 7) is 5.24. The van der Waals surface area contributed by atoms with Crippen LogP contribution in [0.1, 0.15) is 90.9 Å². The fourth-order valence-electron chi connectivity index (χ4n) is 7.65. The van der Waals surface area contributed by atoms with Gasteiger partial charge in [0.1, 0.15) is 0 Å². The number of unbranched alkanes of at least 4 members (excludes halogenated alkanes) is 10. The van der Waals surface area contributed by atoms with Gasteiger partial charge in [0.2, 0.25) is 0 Å². The topological polar surface area (TPSA) is 78.1 Å². The second-order valence-corrected chi connectivity index (χ2v) is 14.3. The molecule has 47 heavy (non-hydrogen) atoms. The third-order valence-electron chi connectivity index (χ3n) is 10.1. The Morgan fingerprint density at radius 3 is 1.11 bits per heavy atom. The molecule has 7 rings (SSSR count). The maximum atomic E-state index is 13.8. The summed E-state index contributed by atoms with van der Waals surface area (Å²) in [5, 5.41) is 7.24. The largest absolute Gasteiger partial charge is 0.274 e.